The number of esters is 5. The highest BCUT2D eigenvalue weighted by Gasteiger charge is 2.56. The minimum absolute atomic E-state index is 0.147. The predicted octanol–water partition coefficient (Wildman–Crippen LogP) is 0.536. The lowest BCUT2D eigenvalue weighted by atomic mass is 9.97. The Labute approximate surface area is 177 Å². The van der Waals surface area contributed by atoms with Crippen LogP contribution in [0, 0.1) is 0 Å². The molecular formula is C20H22O11. The molecule has 0 aliphatic carbocycles. The van der Waals surface area contributed by atoms with E-state index in [1.165, 1.54) is 12.1 Å². The molecule has 0 saturated carbocycles. The zero-order chi connectivity index (χ0) is 23.1. The number of hydrogen-bond acceptors (Lipinski definition) is 11. The number of rotatable bonds is 6. The average Bonchev–Trinajstić information content (AvgIpc) is 2.71. The summed E-state index contributed by atoms with van der Waals surface area (Å²) < 4.78 is 30.9. The molecule has 1 fully saturated rings. The van der Waals surface area contributed by atoms with Gasteiger partial charge in [-0.25, -0.2) is 9.59 Å². The highest BCUT2D eigenvalue weighted by molar-refractivity contribution is 5.89. The van der Waals surface area contributed by atoms with Gasteiger partial charge in [-0.1, -0.05) is 18.2 Å². The van der Waals surface area contributed by atoms with Crippen molar-refractivity contribution in [3.8, 4) is 0 Å². The third-order valence-electron chi connectivity index (χ3n) is 4.07. The Morgan fingerprint density at radius 2 is 1.26 bits per heavy atom. The minimum Gasteiger partial charge on any atom is -0.467 e. The van der Waals surface area contributed by atoms with Crippen LogP contribution in [0.3, 0.4) is 0 Å². The maximum Gasteiger partial charge on any atom is 0.340 e. The first-order valence-electron chi connectivity index (χ1n) is 9.15. The van der Waals surface area contributed by atoms with E-state index in [-0.39, 0.29) is 5.56 Å². The zero-order valence-corrected chi connectivity index (χ0v) is 17.3. The molecule has 0 unspecified atom stereocenters. The molecule has 0 spiro atoms. The van der Waals surface area contributed by atoms with Gasteiger partial charge in [-0.15, -0.1) is 0 Å². The van der Waals surface area contributed by atoms with Crippen LogP contribution in [0.1, 0.15) is 31.1 Å². The lowest BCUT2D eigenvalue weighted by Crippen LogP contribution is -2.64. The van der Waals surface area contributed by atoms with Crippen LogP contribution in [0.2, 0.25) is 0 Å². The summed E-state index contributed by atoms with van der Waals surface area (Å²) in [6.45, 7) is 3.18. The fourth-order valence-electron chi connectivity index (χ4n) is 2.92. The van der Waals surface area contributed by atoms with Gasteiger partial charge in [-0.2, -0.15) is 0 Å². The second-order valence-corrected chi connectivity index (χ2v) is 6.44. The summed E-state index contributed by atoms with van der Waals surface area (Å²) in [4.78, 5) is 59.8. The summed E-state index contributed by atoms with van der Waals surface area (Å²) in [6, 6.07) is 7.81. The third-order valence-corrected chi connectivity index (χ3v) is 4.07. The van der Waals surface area contributed by atoms with Crippen molar-refractivity contribution in [1.29, 1.82) is 0 Å². The van der Waals surface area contributed by atoms with Gasteiger partial charge in [-0.3, -0.25) is 14.4 Å². The maximum atomic E-state index is 12.5. The van der Waals surface area contributed by atoms with Crippen molar-refractivity contribution < 1.29 is 52.4 Å². The third kappa shape index (κ3) is 6.25. The van der Waals surface area contributed by atoms with Crippen LogP contribution in [0.15, 0.2) is 30.3 Å². The Kier molecular flexibility index (Phi) is 8.08. The fourth-order valence-corrected chi connectivity index (χ4v) is 2.92. The summed E-state index contributed by atoms with van der Waals surface area (Å²) in [5, 5.41) is 0. The first-order valence-corrected chi connectivity index (χ1v) is 9.15. The van der Waals surface area contributed by atoms with Crippen LogP contribution >= 0.6 is 0 Å². The number of carbonyl (C=O) groups is 5. The lowest BCUT2D eigenvalue weighted by molar-refractivity contribution is -0.288. The first kappa shape index (κ1) is 23.8. The van der Waals surface area contributed by atoms with E-state index >= 15 is 0 Å². The zero-order valence-electron chi connectivity index (χ0n) is 17.3. The average molecular weight is 438 g/mol. The van der Waals surface area contributed by atoms with Crippen molar-refractivity contribution in [2.45, 2.75) is 51.5 Å². The smallest absolute Gasteiger partial charge is 0.340 e. The number of benzene rings is 1. The summed E-state index contributed by atoms with van der Waals surface area (Å²) in [5.41, 5.74) is 0.147. The van der Waals surface area contributed by atoms with Gasteiger partial charge in [0.2, 0.25) is 12.4 Å². The van der Waals surface area contributed by atoms with Gasteiger partial charge in [-0.05, 0) is 12.1 Å². The molecule has 1 aliphatic rings. The van der Waals surface area contributed by atoms with Crippen molar-refractivity contribution >= 4 is 29.8 Å². The Hall–Kier alpha value is -3.47. The second kappa shape index (κ2) is 10.5. The normalized spacial score (nSPS) is 25.0. The topological polar surface area (TPSA) is 141 Å². The molecule has 1 saturated heterocycles. The molecule has 0 amide bonds. The van der Waals surface area contributed by atoms with Crippen LogP contribution in [-0.4, -0.2) is 67.7 Å². The van der Waals surface area contributed by atoms with Gasteiger partial charge in [0.1, 0.15) is 0 Å². The van der Waals surface area contributed by atoms with Crippen molar-refractivity contribution in [2.24, 2.45) is 0 Å². The van der Waals surface area contributed by atoms with Crippen LogP contribution in [-0.2, 0) is 47.6 Å². The van der Waals surface area contributed by atoms with E-state index in [0.717, 1.165) is 27.9 Å². The Morgan fingerprint density at radius 1 is 0.742 bits per heavy atom. The van der Waals surface area contributed by atoms with E-state index < -0.39 is 60.6 Å². The quantitative estimate of drug-likeness (QED) is 0.454. The Balaban J connectivity index is 2.46. The highest BCUT2D eigenvalue weighted by atomic mass is 16.7. The molecule has 11 heteroatoms. The maximum absolute atomic E-state index is 12.5. The molecule has 168 valence electrons. The van der Waals surface area contributed by atoms with E-state index in [2.05, 4.69) is 4.74 Å². The molecule has 0 radical (unpaired) electrons. The molecule has 31 heavy (non-hydrogen) atoms. The van der Waals surface area contributed by atoms with Gasteiger partial charge in [0.15, 0.2) is 18.3 Å². The van der Waals surface area contributed by atoms with Gasteiger partial charge in [0, 0.05) is 20.8 Å². The monoisotopic (exact) mass is 438 g/mol. The van der Waals surface area contributed by atoms with Crippen LogP contribution in [0.4, 0.5) is 0 Å². The van der Waals surface area contributed by atoms with E-state index in [1.807, 2.05) is 0 Å². The van der Waals surface area contributed by atoms with Crippen molar-refractivity contribution in [3.05, 3.63) is 35.9 Å². The molecule has 0 N–H and O–H groups in total. The molecule has 2 rings (SSSR count). The molecule has 11 nitrogen and oxygen atoms in total. The molecule has 5 atom stereocenters. The largest absolute Gasteiger partial charge is 0.467 e. The van der Waals surface area contributed by atoms with Crippen molar-refractivity contribution in [3.63, 3.8) is 0 Å². The van der Waals surface area contributed by atoms with E-state index in [4.69, 9.17) is 23.7 Å². The molecule has 1 heterocycles. The number of carbonyl (C=O) groups excluding carboxylic acids is 5. The van der Waals surface area contributed by atoms with Gasteiger partial charge < -0.3 is 28.4 Å². The highest BCUT2D eigenvalue weighted by Crippen LogP contribution is 2.30. The van der Waals surface area contributed by atoms with E-state index in [1.54, 1.807) is 18.2 Å². The minimum atomic E-state index is -1.68. The predicted molar refractivity (Wildman–Crippen MR) is 99.2 cm³/mol. The van der Waals surface area contributed by atoms with Crippen LogP contribution in [0.5, 0.6) is 0 Å². The van der Waals surface area contributed by atoms with Gasteiger partial charge in [0.05, 0.1) is 12.7 Å². The fraction of sp³-hybridized carbons (Fsp3) is 0.450. The number of methoxy groups -OCH3 is 1. The van der Waals surface area contributed by atoms with Crippen molar-refractivity contribution in [2.75, 3.05) is 7.11 Å². The van der Waals surface area contributed by atoms with E-state index in [0.29, 0.717) is 0 Å². The standard InChI is InChI=1S/C20H22O11/c1-10(21)27-14-15(28-11(2)22)17(29-12(3)23)20(30-16(14)19(25)26-4)31-18(24)13-8-6-5-7-9-13/h5-9,14-17,20H,1-4H3/t14-,15-,16-,17+,20-/m0/s1. The first-order chi connectivity index (χ1) is 14.6. The van der Waals surface area contributed by atoms with Gasteiger partial charge >= 0.3 is 29.8 Å². The Morgan fingerprint density at radius 3 is 1.77 bits per heavy atom. The molecule has 1 aromatic rings. The van der Waals surface area contributed by atoms with Crippen molar-refractivity contribution in [1.82, 2.24) is 0 Å². The Bertz CT molecular complexity index is 835. The van der Waals surface area contributed by atoms with Crippen LogP contribution < -0.4 is 0 Å². The molecular weight excluding hydrogens is 416 g/mol. The number of hydrogen-bond donors (Lipinski definition) is 0. The molecule has 1 aliphatic heterocycles. The molecule has 1 aromatic carbocycles. The second-order valence-electron chi connectivity index (χ2n) is 6.44. The molecule has 0 aromatic heterocycles. The summed E-state index contributed by atoms with van der Waals surface area (Å²) in [6.07, 6.45) is -7.93. The van der Waals surface area contributed by atoms with E-state index in [9.17, 15) is 24.0 Å². The molecule has 0 bridgehead atoms. The van der Waals surface area contributed by atoms with Crippen LogP contribution in [0.25, 0.3) is 0 Å². The summed E-state index contributed by atoms with van der Waals surface area (Å²) in [5.74, 6) is -4.35. The van der Waals surface area contributed by atoms with Gasteiger partial charge in [0.25, 0.3) is 0 Å². The lowest BCUT2D eigenvalue weighted by Gasteiger charge is -2.42. The number of ether oxygens (including phenoxy) is 6. The summed E-state index contributed by atoms with van der Waals surface area (Å²) in [7, 11) is 1.06. The SMILES string of the molecule is COC(=O)[C@H]1O[C@@H](OC(=O)c2ccccc2)[C@H](OC(C)=O)[C@@H](OC(C)=O)[C@@H]1OC(C)=O. The summed E-state index contributed by atoms with van der Waals surface area (Å²) >= 11 is 0.